The molecule has 0 radical (unpaired) electrons. The van der Waals surface area contributed by atoms with Crippen LogP contribution in [0.5, 0.6) is 0 Å². The molecule has 1 aliphatic carbocycles. The van der Waals surface area contributed by atoms with E-state index < -0.39 is 0 Å². The van der Waals surface area contributed by atoms with Gasteiger partial charge in [-0.15, -0.1) is 0 Å². The highest BCUT2D eigenvalue weighted by molar-refractivity contribution is 6.33. The number of amides is 1. The molecule has 1 saturated heterocycles. The largest absolute Gasteiger partial charge is 0.384 e. The molecule has 2 aliphatic rings. The molecule has 2 unspecified atom stereocenters. The van der Waals surface area contributed by atoms with Gasteiger partial charge in [-0.1, -0.05) is 24.4 Å². The van der Waals surface area contributed by atoms with Gasteiger partial charge in [0.05, 0.1) is 5.02 Å². The fraction of sp³-hybridized carbons (Fsp3) is 0.600. The Bertz CT molecular complexity index is 518. The van der Waals surface area contributed by atoms with Crippen LogP contribution in [0.2, 0.25) is 5.02 Å². The maximum absolute atomic E-state index is 12.8. The van der Waals surface area contributed by atoms with Crippen LogP contribution >= 0.6 is 11.6 Å². The average Bonchev–Trinajstić information content (AvgIpc) is 2.48. The summed E-state index contributed by atoms with van der Waals surface area (Å²) < 4.78 is 0. The molecule has 4 nitrogen and oxygen atoms in total. The molecule has 108 valence electrons. The van der Waals surface area contributed by atoms with Crippen molar-refractivity contribution in [2.24, 2.45) is 5.92 Å². The van der Waals surface area contributed by atoms with Gasteiger partial charge < -0.3 is 10.6 Å². The summed E-state index contributed by atoms with van der Waals surface area (Å²) in [6.45, 7) is 0.812. The Hall–Kier alpha value is -1.29. The Morgan fingerprint density at radius 2 is 2.00 bits per heavy atom. The Morgan fingerprint density at radius 1 is 1.25 bits per heavy atom. The van der Waals surface area contributed by atoms with Crippen LogP contribution in [0.15, 0.2) is 12.1 Å². The van der Waals surface area contributed by atoms with Crippen LogP contribution in [0.4, 0.5) is 5.82 Å². The van der Waals surface area contributed by atoms with E-state index in [1.807, 2.05) is 4.90 Å². The van der Waals surface area contributed by atoms with Gasteiger partial charge in [0.15, 0.2) is 0 Å². The number of halogens is 1. The molecular weight excluding hydrogens is 274 g/mol. The van der Waals surface area contributed by atoms with Crippen LogP contribution in [0.1, 0.15) is 49.0 Å². The molecule has 5 heteroatoms. The smallest absolute Gasteiger partial charge is 0.274 e. The Labute approximate surface area is 124 Å². The highest BCUT2D eigenvalue weighted by Gasteiger charge is 2.36. The van der Waals surface area contributed by atoms with Crippen molar-refractivity contribution in [2.45, 2.75) is 44.6 Å². The molecule has 2 atom stereocenters. The second kappa shape index (κ2) is 5.60. The van der Waals surface area contributed by atoms with Gasteiger partial charge in [-0.25, -0.2) is 4.98 Å². The minimum absolute atomic E-state index is 0.0566. The maximum Gasteiger partial charge on any atom is 0.274 e. The maximum atomic E-state index is 12.8. The van der Waals surface area contributed by atoms with E-state index in [0.29, 0.717) is 28.5 Å². The lowest BCUT2D eigenvalue weighted by molar-refractivity contribution is 0.0385. The number of hydrogen-bond acceptors (Lipinski definition) is 3. The molecule has 0 bridgehead atoms. The van der Waals surface area contributed by atoms with Gasteiger partial charge in [-0.2, -0.15) is 0 Å². The summed E-state index contributed by atoms with van der Waals surface area (Å²) in [5.74, 6) is 0.940. The third-order valence-corrected chi connectivity index (χ3v) is 4.88. The van der Waals surface area contributed by atoms with Gasteiger partial charge in [0.2, 0.25) is 0 Å². The zero-order chi connectivity index (χ0) is 14.1. The summed E-state index contributed by atoms with van der Waals surface area (Å²) in [5.41, 5.74) is 5.99. The Morgan fingerprint density at radius 3 is 2.85 bits per heavy atom. The van der Waals surface area contributed by atoms with Crippen LogP contribution in [-0.4, -0.2) is 28.4 Å². The Kier molecular flexibility index (Phi) is 3.83. The third-order valence-electron chi connectivity index (χ3n) is 4.57. The van der Waals surface area contributed by atoms with Crippen LogP contribution in [0.3, 0.4) is 0 Å². The lowest BCUT2D eigenvalue weighted by atomic mass is 9.78. The number of carbonyl (C=O) groups excluding carboxylic acids is 1. The highest BCUT2D eigenvalue weighted by Crippen LogP contribution is 2.36. The van der Waals surface area contributed by atoms with E-state index in [0.717, 1.165) is 19.4 Å². The lowest BCUT2D eigenvalue weighted by Crippen LogP contribution is -2.49. The number of anilines is 1. The van der Waals surface area contributed by atoms with Crippen LogP contribution in [0, 0.1) is 5.92 Å². The van der Waals surface area contributed by atoms with Crippen molar-refractivity contribution in [3.8, 4) is 0 Å². The predicted octanol–water partition coefficient (Wildman–Crippen LogP) is 3.11. The van der Waals surface area contributed by atoms with E-state index >= 15 is 0 Å². The molecule has 20 heavy (non-hydrogen) atoms. The average molecular weight is 294 g/mol. The first-order valence-corrected chi connectivity index (χ1v) is 7.77. The van der Waals surface area contributed by atoms with Crippen LogP contribution < -0.4 is 5.73 Å². The summed E-state index contributed by atoms with van der Waals surface area (Å²) >= 11 is 6.12. The first-order valence-electron chi connectivity index (χ1n) is 7.40. The van der Waals surface area contributed by atoms with Crippen molar-refractivity contribution in [1.82, 2.24) is 9.88 Å². The van der Waals surface area contributed by atoms with Gasteiger partial charge >= 0.3 is 0 Å². The van der Waals surface area contributed by atoms with E-state index in [4.69, 9.17) is 17.3 Å². The number of nitrogen functional groups attached to an aromatic ring is 1. The van der Waals surface area contributed by atoms with Gasteiger partial charge in [0, 0.05) is 12.6 Å². The fourth-order valence-corrected chi connectivity index (χ4v) is 3.81. The fourth-order valence-electron chi connectivity index (χ4n) is 3.62. The van der Waals surface area contributed by atoms with Crippen molar-refractivity contribution < 1.29 is 4.79 Å². The molecule has 0 aromatic carbocycles. The minimum atomic E-state index is -0.0566. The molecule has 1 saturated carbocycles. The van der Waals surface area contributed by atoms with E-state index in [-0.39, 0.29) is 5.91 Å². The van der Waals surface area contributed by atoms with Gasteiger partial charge in [0.25, 0.3) is 5.91 Å². The van der Waals surface area contributed by atoms with Gasteiger partial charge in [0.1, 0.15) is 11.5 Å². The number of likely N-dealkylation sites (tertiary alicyclic amines) is 1. The van der Waals surface area contributed by atoms with Crippen molar-refractivity contribution in [1.29, 1.82) is 0 Å². The molecule has 2 fully saturated rings. The number of nitrogens with zero attached hydrogens (tertiary/aromatic N) is 2. The second-order valence-electron chi connectivity index (χ2n) is 5.82. The molecule has 2 heterocycles. The summed E-state index contributed by atoms with van der Waals surface area (Å²) in [5, 5.41) is 0.391. The molecule has 1 aliphatic heterocycles. The Balaban J connectivity index is 1.87. The zero-order valence-electron chi connectivity index (χ0n) is 11.5. The molecule has 3 rings (SSSR count). The molecule has 1 amide bonds. The number of carbonyl (C=O) groups is 1. The predicted molar refractivity (Wildman–Crippen MR) is 79.7 cm³/mol. The summed E-state index contributed by atoms with van der Waals surface area (Å²) in [7, 11) is 0. The number of piperidine rings is 1. The van der Waals surface area contributed by atoms with E-state index in [2.05, 4.69) is 4.98 Å². The van der Waals surface area contributed by atoms with Crippen molar-refractivity contribution >= 4 is 23.3 Å². The van der Waals surface area contributed by atoms with Gasteiger partial charge in [-0.05, 0) is 43.7 Å². The van der Waals surface area contributed by atoms with Crippen LogP contribution in [-0.2, 0) is 0 Å². The molecule has 1 aromatic heterocycles. The standard InChI is InChI=1S/C15H20ClN3O/c16-11-7-8-13(17)18-14(11)15(20)19-9-3-5-10-4-1-2-6-12(10)19/h7-8,10,12H,1-6,9H2,(H2,17,18). The second-order valence-corrected chi connectivity index (χ2v) is 6.23. The number of pyridine rings is 1. The summed E-state index contributed by atoms with van der Waals surface area (Å²) in [6.07, 6.45) is 7.17. The van der Waals surface area contributed by atoms with E-state index in [9.17, 15) is 4.79 Å². The molecule has 2 N–H and O–H groups in total. The van der Waals surface area contributed by atoms with Crippen molar-refractivity contribution in [3.05, 3.63) is 22.8 Å². The summed E-state index contributed by atoms with van der Waals surface area (Å²) in [6, 6.07) is 3.64. The molecule has 0 spiro atoms. The normalized spacial score (nSPS) is 26.1. The van der Waals surface area contributed by atoms with Gasteiger partial charge in [-0.3, -0.25) is 4.79 Å². The quantitative estimate of drug-likeness (QED) is 0.865. The lowest BCUT2D eigenvalue weighted by Gasteiger charge is -2.44. The number of fused-ring (bicyclic) bond motifs is 1. The zero-order valence-corrected chi connectivity index (χ0v) is 12.3. The van der Waals surface area contributed by atoms with Crippen molar-refractivity contribution in [3.63, 3.8) is 0 Å². The van der Waals surface area contributed by atoms with Crippen LogP contribution in [0.25, 0.3) is 0 Å². The highest BCUT2D eigenvalue weighted by atomic mass is 35.5. The molecule has 1 aromatic rings. The van der Waals surface area contributed by atoms with E-state index in [1.165, 1.54) is 25.7 Å². The topological polar surface area (TPSA) is 59.2 Å². The number of hydrogen-bond donors (Lipinski definition) is 1. The third kappa shape index (κ3) is 2.49. The van der Waals surface area contributed by atoms with E-state index in [1.54, 1.807) is 12.1 Å². The first kappa shape index (κ1) is 13.7. The van der Waals surface area contributed by atoms with Crippen molar-refractivity contribution in [2.75, 3.05) is 12.3 Å². The minimum Gasteiger partial charge on any atom is -0.384 e. The number of rotatable bonds is 1. The number of aromatic nitrogens is 1. The number of nitrogens with two attached hydrogens (primary N) is 1. The molecular formula is C15H20ClN3O. The SMILES string of the molecule is Nc1ccc(Cl)c(C(=O)N2CCCC3CCCCC32)n1. The monoisotopic (exact) mass is 293 g/mol. The first-order chi connectivity index (χ1) is 9.66. The summed E-state index contributed by atoms with van der Waals surface area (Å²) in [4.78, 5) is 18.9.